The molecule has 1 fully saturated rings. The number of hydrogen-bond donors (Lipinski definition) is 1. The first-order chi connectivity index (χ1) is 6.77. The predicted octanol–water partition coefficient (Wildman–Crippen LogP) is 3.46. The van der Waals surface area contributed by atoms with Crippen LogP contribution < -0.4 is 5.73 Å². The summed E-state index contributed by atoms with van der Waals surface area (Å²) in [6, 6.07) is 4.16. The summed E-state index contributed by atoms with van der Waals surface area (Å²) in [7, 11) is 0. The topological polar surface area (TPSA) is 38.9 Å². The molecule has 2 N–H and O–H groups in total. The van der Waals surface area contributed by atoms with Crippen molar-refractivity contribution in [1.82, 2.24) is 4.98 Å². The van der Waals surface area contributed by atoms with E-state index in [0.717, 1.165) is 10.2 Å². The smallest absolute Gasteiger partial charge is 0.0574 e. The first kappa shape index (κ1) is 12.9. The van der Waals surface area contributed by atoms with Crippen LogP contribution in [0.4, 0.5) is 0 Å². The van der Waals surface area contributed by atoms with E-state index < -0.39 is 0 Å². The SMILES string of the molecule is Cl.N[C@H](c1ccc(Br)cn1)C1CCCC1. The summed E-state index contributed by atoms with van der Waals surface area (Å²) in [6.45, 7) is 0. The molecule has 0 bridgehead atoms. The maximum Gasteiger partial charge on any atom is 0.0574 e. The highest BCUT2D eigenvalue weighted by atomic mass is 79.9. The highest BCUT2D eigenvalue weighted by Gasteiger charge is 2.23. The van der Waals surface area contributed by atoms with Crippen LogP contribution in [0.3, 0.4) is 0 Å². The van der Waals surface area contributed by atoms with Gasteiger partial charge in [0.15, 0.2) is 0 Å². The normalized spacial score (nSPS) is 18.5. The Hall–Kier alpha value is -0.120. The molecule has 1 saturated carbocycles. The van der Waals surface area contributed by atoms with Crippen molar-refractivity contribution in [2.45, 2.75) is 31.7 Å². The molecule has 0 spiro atoms. The molecule has 1 aliphatic carbocycles. The third-order valence-corrected chi connectivity index (χ3v) is 3.47. The van der Waals surface area contributed by atoms with Crippen molar-refractivity contribution in [2.24, 2.45) is 11.7 Å². The molecule has 0 saturated heterocycles. The second-order valence-corrected chi connectivity index (χ2v) is 4.89. The van der Waals surface area contributed by atoms with Crippen molar-refractivity contribution < 1.29 is 0 Å². The Balaban J connectivity index is 0.00000112. The highest BCUT2D eigenvalue weighted by molar-refractivity contribution is 9.10. The third kappa shape index (κ3) is 3.16. The molecule has 1 aromatic heterocycles. The van der Waals surface area contributed by atoms with Gasteiger partial charge in [-0.2, -0.15) is 0 Å². The number of nitrogens with two attached hydrogens (primary N) is 1. The fraction of sp³-hybridized carbons (Fsp3) is 0.545. The summed E-state index contributed by atoms with van der Waals surface area (Å²) in [4.78, 5) is 4.35. The van der Waals surface area contributed by atoms with Gasteiger partial charge < -0.3 is 5.73 Å². The molecule has 0 aliphatic heterocycles. The lowest BCUT2D eigenvalue weighted by atomic mass is 9.96. The van der Waals surface area contributed by atoms with Crippen LogP contribution in [0.1, 0.15) is 37.4 Å². The van der Waals surface area contributed by atoms with Crippen LogP contribution in [0.25, 0.3) is 0 Å². The van der Waals surface area contributed by atoms with E-state index in [2.05, 4.69) is 20.9 Å². The molecule has 1 aromatic rings. The van der Waals surface area contributed by atoms with Crippen LogP contribution in [0.15, 0.2) is 22.8 Å². The summed E-state index contributed by atoms with van der Waals surface area (Å²) < 4.78 is 1.01. The fourth-order valence-electron chi connectivity index (χ4n) is 2.14. The van der Waals surface area contributed by atoms with Gasteiger partial charge in [0, 0.05) is 16.7 Å². The van der Waals surface area contributed by atoms with Gasteiger partial charge in [0.1, 0.15) is 0 Å². The van der Waals surface area contributed by atoms with E-state index in [1.54, 1.807) is 0 Å². The van der Waals surface area contributed by atoms with E-state index in [1.165, 1.54) is 25.7 Å². The minimum absolute atomic E-state index is 0. The van der Waals surface area contributed by atoms with Crippen molar-refractivity contribution in [3.63, 3.8) is 0 Å². The number of halogens is 2. The maximum absolute atomic E-state index is 6.17. The zero-order chi connectivity index (χ0) is 9.97. The van der Waals surface area contributed by atoms with Gasteiger partial charge in [-0.3, -0.25) is 4.98 Å². The van der Waals surface area contributed by atoms with E-state index in [1.807, 2.05) is 18.3 Å². The Morgan fingerprint density at radius 3 is 2.53 bits per heavy atom. The quantitative estimate of drug-likeness (QED) is 0.906. The van der Waals surface area contributed by atoms with E-state index in [-0.39, 0.29) is 18.4 Å². The number of nitrogens with zero attached hydrogens (tertiary/aromatic N) is 1. The standard InChI is InChI=1S/C11H15BrN2.ClH/c12-9-5-6-10(14-7-9)11(13)8-3-1-2-4-8;/h5-8,11H,1-4,13H2;1H/t11-;/m0./s1. The minimum Gasteiger partial charge on any atom is -0.322 e. The van der Waals surface area contributed by atoms with Gasteiger partial charge in [0.2, 0.25) is 0 Å². The van der Waals surface area contributed by atoms with Gasteiger partial charge >= 0.3 is 0 Å². The zero-order valence-electron chi connectivity index (χ0n) is 8.53. The van der Waals surface area contributed by atoms with Gasteiger partial charge in [-0.05, 0) is 46.8 Å². The molecular formula is C11H16BrClN2. The van der Waals surface area contributed by atoms with Crippen LogP contribution in [0, 0.1) is 5.92 Å². The molecule has 1 heterocycles. The number of rotatable bonds is 2. The second kappa shape index (κ2) is 5.83. The molecule has 0 radical (unpaired) electrons. The molecule has 1 aliphatic rings. The summed E-state index contributed by atoms with van der Waals surface area (Å²) in [6.07, 6.45) is 7.01. The lowest BCUT2D eigenvalue weighted by Gasteiger charge is -2.17. The van der Waals surface area contributed by atoms with E-state index >= 15 is 0 Å². The molecule has 2 rings (SSSR count). The van der Waals surface area contributed by atoms with Gasteiger partial charge in [-0.25, -0.2) is 0 Å². The van der Waals surface area contributed by atoms with Crippen LogP contribution in [0.2, 0.25) is 0 Å². The average molecular weight is 292 g/mol. The maximum atomic E-state index is 6.17. The van der Waals surface area contributed by atoms with Gasteiger partial charge in [0.25, 0.3) is 0 Å². The zero-order valence-corrected chi connectivity index (χ0v) is 10.9. The predicted molar refractivity (Wildman–Crippen MR) is 68.1 cm³/mol. The Morgan fingerprint density at radius 2 is 2.00 bits per heavy atom. The fourth-order valence-corrected chi connectivity index (χ4v) is 2.38. The van der Waals surface area contributed by atoms with Crippen LogP contribution in [-0.2, 0) is 0 Å². The summed E-state index contributed by atoms with van der Waals surface area (Å²) in [5.74, 6) is 0.642. The number of pyridine rings is 1. The van der Waals surface area contributed by atoms with Crippen molar-refractivity contribution in [1.29, 1.82) is 0 Å². The van der Waals surface area contributed by atoms with E-state index in [4.69, 9.17) is 5.73 Å². The first-order valence-electron chi connectivity index (χ1n) is 5.14. The third-order valence-electron chi connectivity index (χ3n) is 3.00. The van der Waals surface area contributed by atoms with Gasteiger partial charge in [0.05, 0.1) is 5.69 Å². The Labute approximate surface area is 105 Å². The summed E-state index contributed by atoms with van der Waals surface area (Å²) in [5, 5.41) is 0. The summed E-state index contributed by atoms with van der Waals surface area (Å²) >= 11 is 3.37. The molecule has 4 heteroatoms. The van der Waals surface area contributed by atoms with Crippen LogP contribution in [-0.4, -0.2) is 4.98 Å². The Kier molecular flexibility index (Phi) is 5.03. The Morgan fingerprint density at radius 1 is 1.33 bits per heavy atom. The van der Waals surface area contributed by atoms with Gasteiger partial charge in [-0.15, -0.1) is 12.4 Å². The van der Waals surface area contributed by atoms with Crippen molar-refractivity contribution in [3.8, 4) is 0 Å². The number of hydrogen-bond acceptors (Lipinski definition) is 2. The van der Waals surface area contributed by atoms with Crippen molar-refractivity contribution in [3.05, 3.63) is 28.5 Å². The molecule has 0 amide bonds. The minimum atomic E-state index is 0. The lowest BCUT2D eigenvalue weighted by molar-refractivity contribution is 0.437. The molecule has 2 nitrogen and oxygen atoms in total. The molecule has 15 heavy (non-hydrogen) atoms. The Bertz CT molecular complexity index is 296. The van der Waals surface area contributed by atoms with Crippen molar-refractivity contribution >= 4 is 28.3 Å². The molecule has 84 valence electrons. The second-order valence-electron chi connectivity index (χ2n) is 3.97. The van der Waals surface area contributed by atoms with E-state index in [9.17, 15) is 0 Å². The largest absolute Gasteiger partial charge is 0.322 e. The number of aromatic nitrogens is 1. The first-order valence-corrected chi connectivity index (χ1v) is 5.93. The highest BCUT2D eigenvalue weighted by Crippen LogP contribution is 2.33. The molecule has 0 unspecified atom stereocenters. The molecular weight excluding hydrogens is 275 g/mol. The summed E-state index contributed by atoms with van der Waals surface area (Å²) in [5.41, 5.74) is 7.20. The van der Waals surface area contributed by atoms with Crippen LogP contribution >= 0.6 is 28.3 Å². The lowest BCUT2D eigenvalue weighted by Crippen LogP contribution is -2.20. The monoisotopic (exact) mass is 290 g/mol. The van der Waals surface area contributed by atoms with Crippen LogP contribution in [0.5, 0.6) is 0 Å². The van der Waals surface area contributed by atoms with Gasteiger partial charge in [-0.1, -0.05) is 12.8 Å². The van der Waals surface area contributed by atoms with Crippen molar-refractivity contribution in [2.75, 3.05) is 0 Å². The average Bonchev–Trinajstić information content (AvgIpc) is 2.71. The molecule has 1 atom stereocenters. The molecule has 0 aromatic carbocycles. The van der Waals surface area contributed by atoms with E-state index in [0.29, 0.717) is 5.92 Å².